The van der Waals surface area contributed by atoms with Crippen molar-refractivity contribution in [2.75, 3.05) is 17.0 Å². The van der Waals surface area contributed by atoms with Gasteiger partial charge >= 0.3 is 0 Å². The highest BCUT2D eigenvalue weighted by Gasteiger charge is 2.14. The largest absolute Gasteiger partial charge is 0.330 e. The van der Waals surface area contributed by atoms with E-state index < -0.39 is 15.8 Å². The number of rotatable bonds is 5. The van der Waals surface area contributed by atoms with Crippen LogP contribution in [0.15, 0.2) is 18.2 Å². The van der Waals surface area contributed by atoms with Crippen LogP contribution in [0.2, 0.25) is 0 Å². The van der Waals surface area contributed by atoms with Crippen LogP contribution in [0, 0.1) is 12.7 Å². The molecule has 0 fully saturated rings. The number of aryl methyl sites for hydroxylation is 1. The first-order chi connectivity index (χ1) is 7.46. The topological polar surface area (TPSA) is 72.2 Å². The van der Waals surface area contributed by atoms with Crippen molar-refractivity contribution in [2.24, 2.45) is 5.73 Å². The summed E-state index contributed by atoms with van der Waals surface area (Å²) in [6.45, 7) is 1.93. The lowest BCUT2D eigenvalue weighted by molar-refractivity contribution is 0.596. The SMILES string of the molecule is Cc1cccc(F)c1NS(=O)(=O)CCCN. The number of para-hydroxylation sites is 1. The molecule has 0 aromatic heterocycles. The summed E-state index contributed by atoms with van der Waals surface area (Å²) in [6, 6.07) is 4.39. The van der Waals surface area contributed by atoms with E-state index in [-0.39, 0.29) is 18.0 Å². The minimum atomic E-state index is -3.51. The Kier molecular flexibility index (Phi) is 4.26. The standard InChI is InChI=1S/C10H15FN2O2S/c1-8-4-2-5-9(11)10(8)13-16(14,15)7-3-6-12/h2,4-5,13H,3,6-7,12H2,1H3. The first kappa shape index (κ1) is 12.9. The molecule has 0 aliphatic carbocycles. The molecule has 0 amide bonds. The summed E-state index contributed by atoms with van der Waals surface area (Å²) in [6.07, 6.45) is 0.350. The second-order valence-electron chi connectivity index (χ2n) is 3.49. The molecule has 1 aromatic carbocycles. The van der Waals surface area contributed by atoms with Crippen LogP contribution in [0.4, 0.5) is 10.1 Å². The van der Waals surface area contributed by atoms with Gasteiger partial charge in [-0.25, -0.2) is 12.8 Å². The van der Waals surface area contributed by atoms with E-state index >= 15 is 0 Å². The molecule has 90 valence electrons. The quantitative estimate of drug-likeness (QED) is 0.820. The average molecular weight is 246 g/mol. The first-order valence-electron chi connectivity index (χ1n) is 4.92. The van der Waals surface area contributed by atoms with Gasteiger partial charge in [-0.2, -0.15) is 0 Å². The highest BCUT2D eigenvalue weighted by Crippen LogP contribution is 2.20. The Bertz CT molecular complexity index is 440. The monoisotopic (exact) mass is 246 g/mol. The first-order valence-corrected chi connectivity index (χ1v) is 6.57. The molecule has 0 aliphatic rings. The molecule has 16 heavy (non-hydrogen) atoms. The zero-order valence-corrected chi connectivity index (χ0v) is 9.85. The predicted octanol–water partition coefficient (Wildman–Crippen LogP) is 1.22. The number of hydrogen-bond acceptors (Lipinski definition) is 3. The minimum Gasteiger partial charge on any atom is -0.330 e. The molecular formula is C10H15FN2O2S. The maximum Gasteiger partial charge on any atom is 0.232 e. The lowest BCUT2D eigenvalue weighted by atomic mass is 10.2. The Morgan fingerprint density at radius 1 is 1.44 bits per heavy atom. The summed E-state index contributed by atoms with van der Waals surface area (Å²) in [5.74, 6) is -0.673. The number of sulfonamides is 1. The Labute approximate surface area is 94.7 Å². The highest BCUT2D eigenvalue weighted by atomic mass is 32.2. The molecule has 0 saturated carbocycles. The zero-order valence-electron chi connectivity index (χ0n) is 9.03. The van der Waals surface area contributed by atoms with Crippen molar-refractivity contribution in [3.63, 3.8) is 0 Å². The van der Waals surface area contributed by atoms with Crippen LogP contribution in [-0.2, 0) is 10.0 Å². The van der Waals surface area contributed by atoms with Gasteiger partial charge in [-0.1, -0.05) is 12.1 Å². The fourth-order valence-electron chi connectivity index (χ4n) is 1.24. The molecule has 0 bridgehead atoms. The summed E-state index contributed by atoms with van der Waals surface area (Å²) >= 11 is 0. The molecule has 0 radical (unpaired) electrons. The van der Waals surface area contributed by atoms with Crippen molar-refractivity contribution in [2.45, 2.75) is 13.3 Å². The molecule has 4 nitrogen and oxygen atoms in total. The van der Waals surface area contributed by atoms with Crippen molar-refractivity contribution in [3.05, 3.63) is 29.6 Å². The molecule has 0 atom stereocenters. The summed E-state index contributed by atoms with van der Waals surface area (Å²) < 4.78 is 38.6. The molecule has 0 saturated heterocycles. The summed E-state index contributed by atoms with van der Waals surface area (Å²) in [7, 11) is -3.51. The molecule has 0 spiro atoms. The van der Waals surface area contributed by atoms with Crippen LogP contribution in [-0.4, -0.2) is 20.7 Å². The Morgan fingerprint density at radius 3 is 2.69 bits per heavy atom. The van der Waals surface area contributed by atoms with Crippen LogP contribution in [0.3, 0.4) is 0 Å². The molecule has 0 heterocycles. The lowest BCUT2D eigenvalue weighted by Gasteiger charge is -2.10. The van der Waals surface area contributed by atoms with Crippen molar-refractivity contribution >= 4 is 15.7 Å². The smallest absolute Gasteiger partial charge is 0.232 e. The number of nitrogens with one attached hydrogen (secondary N) is 1. The van der Waals surface area contributed by atoms with Crippen LogP contribution in [0.1, 0.15) is 12.0 Å². The number of nitrogens with two attached hydrogens (primary N) is 1. The van der Waals surface area contributed by atoms with E-state index in [1.54, 1.807) is 13.0 Å². The molecule has 0 aliphatic heterocycles. The van der Waals surface area contributed by atoms with E-state index in [0.717, 1.165) is 0 Å². The van der Waals surface area contributed by atoms with E-state index in [1.165, 1.54) is 12.1 Å². The van der Waals surface area contributed by atoms with Gasteiger partial charge in [0.25, 0.3) is 0 Å². The predicted molar refractivity (Wildman–Crippen MR) is 62.2 cm³/mol. The Morgan fingerprint density at radius 2 is 2.12 bits per heavy atom. The van der Waals surface area contributed by atoms with E-state index in [2.05, 4.69) is 4.72 Å². The van der Waals surface area contributed by atoms with Gasteiger partial charge in [0.05, 0.1) is 11.4 Å². The van der Waals surface area contributed by atoms with Crippen molar-refractivity contribution in [3.8, 4) is 0 Å². The van der Waals surface area contributed by atoms with Crippen molar-refractivity contribution in [1.29, 1.82) is 0 Å². The second-order valence-corrected chi connectivity index (χ2v) is 5.34. The van der Waals surface area contributed by atoms with Crippen LogP contribution >= 0.6 is 0 Å². The summed E-state index contributed by atoms with van der Waals surface area (Å²) in [4.78, 5) is 0. The van der Waals surface area contributed by atoms with E-state index in [4.69, 9.17) is 5.73 Å². The minimum absolute atomic E-state index is 0.0134. The van der Waals surface area contributed by atoms with Gasteiger partial charge in [0.1, 0.15) is 5.82 Å². The van der Waals surface area contributed by atoms with Gasteiger partial charge in [-0.05, 0) is 31.5 Å². The fraction of sp³-hybridized carbons (Fsp3) is 0.400. The maximum absolute atomic E-state index is 13.4. The van der Waals surface area contributed by atoms with E-state index in [0.29, 0.717) is 12.0 Å². The molecule has 1 rings (SSSR count). The van der Waals surface area contributed by atoms with Crippen molar-refractivity contribution < 1.29 is 12.8 Å². The van der Waals surface area contributed by atoms with Crippen LogP contribution in [0.5, 0.6) is 0 Å². The van der Waals surface area contributed by atoms with Gasteiger partial charge in [0, 0.05) is 0 Å². The third-order valence-electron chi connectivity index (χ3n) is 2.10. The maximum atomic E-state index is 13.4. The van der Waals surface area contributed by atoms with E-state index in [9.17, 15) is 12.8 Å². The third kappa shape index (κ3) is 3.46. The fourth-order valence-corrected chi connectivity index (χ4v) is 2.46. The van der Waals surface area contributed by atoms with Crippen LogP contribution in [0.25, 0.3) is 0 Å². The van der Waals surface area contributed by atoms with Gasteiger partial charge in [0.2, 0.25) is 10.0 Å². The lowest BCUT2D eigenvalue weighted by Crippen LogP contribution is -2.20. The third-order valence-corrected chi connectivity index (χ3v) is 3.44. The normalized spacial score (nSPS) is 11.4. The molecular weight excluding hydrogens is 231 g/mol. The second kappa shape index (κ2) is 5.27. The number of anilines is 1. The summed E-state index contributed by atoms with van der Waals surface area (Å²) in [5, 5.41) is 0. The zero-order chi connectivity index (χ0) is 12.2. The summed E-state index contributed by atoms with van der Waals surface area (Å²) in [5.41, 5.74) is 5.79. The van der Waals surface area contributed by atoms with Crippen LogP contribution < -0.4 is 10.5 Å². The Balaban J connectivity index is 2.88. The Hall–Kier alpha value is -1.14. The molecule has 0 unspecified atom stereocenters. The van der Waals surface area contributed by atoms with Gasteiger partial charge < -0.3 is 5.73 Å². The molecule has 1 aromatic rings. The number of benzene rings is 1. The van der Waals surface area contributed by atoms with Crippen molar-refractivity contribution in [1.82, 2.24) is 0 Å². The number of halogens is 1. The van der Waals surface area contributed by atoms with E-state index in [1.807, 2.05) is 0 Å². The van der Waals surface area contributed by atoms with Gasteiger partial charge in [-0.3, -0.25) is 4.72 Å². The molecule has 6 heteroatoms. The van der Waals surface area contributed by atoms with Gasteiger partial charge in [0.15, 0.2) is 0 Å². The van der Waals surface area contributed by atoms with Gasteiger partial charge in [-0.15, -0.1) is 0 Å². The average Bonchev–Trinajstić information content (AvgIpc) is 2.21. The molecule has 3 N–H and O–H groups in total. The number of hydrogen-bond donors (Lipinski definition) is 2. The highest BCUT2D eigenvalue weighted by molar-refractivity contribution is 7.92.